The molecule has 4 rings (SSSR count). The largest absolute Gasteiger partial charge is 0.393 e. The molecule has 0 aromatic carbocycles. The Bertz CT molecular complexity index is 545. The third kappa shape index (κ3) is 3.41. The van der Waals surface area contributed by atoms with Crippen LogP contribution < -0.4 is 0 Å². The van der Waals surface area contributed by atoms with Crippen LogP contribution in [0, 0.1) is 35.0 Å². The molecule has 3 saturated carbocycles. The van der Waals surface area contributed by atoms with Crippen molar-refractivity contribution in [2.24, 2.45) is 35.0 Å². The molecule has 0 aromatic heterocycles. The van der Waals surface area contributed by atoms with E-state index in [1.54, 1.807) is 5.57 Å². The third-order valence-corrected chi connectivity index (χ3v) is 8.96. The maximum absolute atomic E-state index is 10.1. The molecule has 4 aliphatic carbocycles. The van der Waals surface area contributed by atoms with Crippen LogP contribution in [0.25, 0.3) is 0 Å². The van der Waals surface area contributed by atoms with Gasteiger partial charge in [-0.25, -0.2) is 0 Å². The van der Waals surface area contributed by atoms with Crippen molar-refractivity contribution in [1.82, 2.24) is 0 Å². The van der Waals surface area contributed by atoms with Gasteiger partial charge in [0.1, 0.15) is 0 Å². The quantitative estimate of drug-likeness (QED) is 0.652. The predicted octanol–water partition coefficient (Wildman–Crippen LogP) is 5.48. The Balaban J connectivity index is 1.44. The van der Waals surface area contributed by atoms with Gasteiger partial charge in [-0.2, -0.15) is 0 Å². The number of fused-ring (bicyclic) bond motifs is 5. The van der Waals surface area contributed by atoms with E-state index >= 15 is 0 Å². The highest BCUT2D eigenvalue weighted by Gasteiger charge is 2.55. The fourth-order valence-electron chi connectivity index (χ4n) is 7.61. The summed E-state index contributed by atoms with van der Waals surface area (Å²) in [7, 11) is 0. The summed E-state index contributed by atoms with van der Waals surface area (Å²) in [6.07, 6.45) is 16.0. The van der Waals surface area contributed by atoms with Gasteiger partial charge in [-0.3, -0.25) is 0 Å². The summed E-state index contributed by atoms with van der Waals surface area (Å²) in [6.45, 7) is 6.51. The molecule has 7 atom stereocenters. The molecule has 0 aliphatic heterocycles. The molecule has 2 nitrogen and oxygen atoms in total. The first-order valence-corrected chi connectivity index (χ1v) is 11.4. The van der Waals surface area contributed by atoms with E-state index in [4.69, 9.17) is 0 Å². The summed E-state index contributed by atoms with van der Waals surface area (Å²) < 4.78 is 0. The number of hydrogen-bond donors (Lipinski definition) is 2. The summed E-state index contributed by atoms with van der Waals surface area (Å²) in [6, 6.07) is 0. The predicted molar refractivity (Wildman–Crippen MR) is 107 cm³/mol. The van der Waals surface area contributed by atoms with Crippen molar-refractivity contribution in [2.45, 2.75) is 103 Å². The molecular formula is C24H40O2. The second-order valence-corrected chi connectivity index (χ2v) is 11.0. The highest BCUT2D eigenvalue weighted by molar-refractivity contribution is 5.20. The van der Waals surface area contributed by atoms with Gasteiger partial charge in [0, 0.05) is 0 Å². The van der Waals surface area contributed by atoms with Gasteiger partial charge in [0.15, 0.2) is 0 Å². The Morgan fingerprint density at radius 2 is 1.92 bits per heavy atom. The van der Waals surface area contributed by atoms with E-state index in [1.807, 2.05) is 13.8 Å². The van der Waals surface area contributed by atoms with Gasteiger partial charge in [0.25, 0.3) is 0 Å². The molecule has 2 N–H and O–H groups in total. The normalized spacial score (nSPS) is 45.5. The maximum Gasteiger partial charge on any atom is 0.0591 e. The van der Waals surface area contributed by atoms with Crippen LogP contribution in [0.15, 0.2) is 11.6 Å². The van der Waals surface area contributed by atoms with Crippen LogP contribution in [0.5, 0.6) is 0 Å². The smallest absolute Gasteiger partial charge is 0.0591 e. The lowest BCUT2D eigenvalue weighted by Crippen LogP contribution is -2.46. The van der Waals surface area contributed by atoms with Crippen LogP contribution >= 0.6 is 0 Å². The first-order chi connectivity index (χ1) is 12.3. The Morgan fingerprint density at radius 1 is 1.12 bits per heavy atom. The second kappa shape index (κ2) is 6.92. The minimum absolute atomic E-state index is 0.0745. The molecule has 2 heteroatoms. The number of rotatable bonds is 4. The maximum atomic E-state index is 10.1. The molecule has 26 heavy (non-hydrogen) atoms. The number of aliphatic hydroxyl groups is 2. The zero-order valence-electron chi connectivity index (χ0n) is 17.2. The first kappa shape index (κ1) is 19.0. The molecule has 0 radical (unpaired) electrons. The van der Waals surface area contributed by atoms with E-state index in [1.165, 1.54) is 51.4 Å². The minimum atomic E-state index is -0.507. The van der Waals surface area contributed by atoms with Gasteiger partial charge < -0.3 is 10.2 Å². The van der Waals surface area contributed by atoms with Crippen LogP contribution in [0.2, 0.25) is 0 Å². The van der Waals surface area contributed by atoms with Crippen molar-refractivity contribution < 1.29 is 10.2 Å². The molecule has 7 unspecified atom stereocenters. The van der Waals surface area contributed by atoms with E-state index in [0.717, 1.165) is 48.9 Å². The number of aliphatic hydroxyl groups excluding tert-OH is 1. The summed E-state index contributed by atoms with van der Waals surface area (Å²) in [5.41, 5.74) is 1.64. The molecule has 0 saturated heterocycles. The van der Waals surface area contributed by atoms with Gasteiger partial charge in [0.05, 0.1) is 11.7 Å². The molecular weight excluding hydrogens is 320 g/mol. The van der Waals surface area contributed by atoms with Gasteiger partial charge in [0.2, 0.25) is 0 Å². The molecule has 0 heterocycles. The van der Waals surface area contributed by atoms with Gasteiger partial charge in [-0.05, 0) is 113 Å². The standard InChI is InChI=1S/C24H40O2/c1-23(2,26)13-4-5-17-7-11-22-21-9-6-16-15-18(25)8-10-19(16)20(21)12-14-24(17,22)3/h6,17-22,25-26H,4-5,7-15H2,1-3H3. The van der Waals surface area contributed by atoms with Crippen LogP contribution in [0.1, 0.15) is 91.4 Å². The molecule has 148 valence electrons. The van der Waals surface area contributed by atoms with Crippen molar-refractivity contribution in [3.05, 3.63) is 11.6 Å². The zero-order valence-corrected chi connectivity index (χ0v) is 17.2. The zero-order chi connectivity index (χ0) is 18.5. The van der Waals surface area contributed by atoms with E-state index in [2.05, 4.69) is 13.0 Å². The van der Waals surface area contributed by atoms with Gasteiger partial charge in [-0.1, -0.05) is 25.0 Å². The van der Waals surface area contributed by atoms with Crippen molar-refractivity contribution >= 4 is 0 Å². The summed E-state index contributed by atoms with van der Waals surface area (Å²) in [5, 5.41) is 20.1. The van der Waals surface area contributed by atoms with E-state index in [9.17, 15) is 10.2 Å². The fraction of sp³-hybridized carbons (Fsp3) is 0.917. The molecule has 0 aromatic rings. The molecule has 4 aliphatic rings. The van der Waals surface area contributed by atoms with Crippen molar-refractivity contribution in [3.8, 4) is 0 Å². The molecule has 0 spiro atoms. The van der Waals surface area contributed by atoms with E-state index < -0.39 is 5.60 Å². The fourth-order valence-corrected chi connectivity index (χ4v) is 7.61. The average Bonchev–Trinajstić information content (AvgIpc) is 2.90. The summed E-state index contributed by atoms with van der Waals surface area (Å²) in [5.74, 6) is 4.37. The Kier molecular flexibility index (Phi) is 5.06. The lowest BCUT2D eigenvalue weighted by Gasteiger charge is -2.54. The Morgan fingerprint density at radius 3 is 2.69 bits per heavy atom. The summed E-state index contributed by atoms with van der Waals surface area (Å²) in [4.78, 5) is 0. The monoisotopic (exact) mass is 360 g/mol. The molecule has 0 amide bonds. The van der Waals surface area contributed by atoms with Crippen molar-refractivity contribution in [3.63, 3.8) is 0 Å². The van der Waals surface area contributed by atoms with E-state index in [0.29, 0.717) is 5.41 Å². The van der Waals surface area contributed by atoms with Crippen LogP contribution in [-0.4, -0.2) is 21.9 Å². The van der Waals surface area contributed by atoms with Crippen LogP contribution in [0.4, 0.5) is 0 Å². The third-order valence-electron chi connectivity index (χ3n) is 8.96. The number of allylic oxidation sites excluding steroid dienone is 1. The lowest BCUT2D eigenvalue weighted by atomic mass is 9.51. The first-order valence-electron chi connectivity index (χ1n) is 11.4. The van der Waals surface area contributed by atoms with Gasteiger partial charge in [-0.15, -0.1) is 0 Å². The SMILES string of the molecule is CC(C)(O)CCCC1CCC2C3CC=C4CC(O)CCC4C3CCC12C. The lowest BCUT2D eigenvalue weighted by molar-refractivity contribution is -0.0213. The molecule has 3 fully saturated rings. The Hall–Kier alpha value is -0.340. The summed E-state index contributed by atoms with van der Waals surface area (Å²) >= 11 is 0. The topological polar surface area (TPSA) is 40.5 Å². The number of hydrogen-bond acceptors (Lipinski definition) is 2. The second-order valence-electron chi connectivity index (χ2n) is 11.0. The Labute approximate surface area is 160 Å². The highest BCUT2D eigenvalue weighted by atomic mass is 16.3. The van der Waals surface area contributed by atoms with Crippen LogP contribution in [-0.2, 0) is 0 Å². The molecule has 0 bridgehead atoms. The minimum Gasteiger partial charge on any atom is -0.393 e. The van der Waals surface area contributed by atoms with Crippen LogP contribution in [0.3, 0.4) is 0 Å². The van der Waals surface area contributed by atoms with Crippen molar-refractivity contribution in [2.75, 3.05) is 0 Å². The van der Waals surface area contributed by atoms with Crippen molar-refractivity contribution in [1.29, 1.82) is 0 Å². The highest BCUT2D eigenvalue weighted by Crippen LogP contribution is 2.64. The van der Waals surface area contributed by atoms with Gasteiger partial charge >= 0.3 is 0 Å². The average molecular weight is 361 g/mol. The van der Waals surface area contributed by atoms with E-state index in [-0.39, 0.29) is 6.10 Å².